The topological polar surface area (TPSA) is 103 Å². The zero-order valence-corrected chi connectivity index (χ0v) is 21.4. The Kier molecular flexibility index (Phi) is 10.5. The monoisotopic (exact) mass is 468 g/mol. The minimum absolute atomic E-state index is 0.180. The lowest BCUT2D eigenvalue weighted by molar-refractivity contribution is -0.125. The molecule has 2 rings (SSSR count). The minimum atomic E-state index is -0.687. The molecule has 0 radical (unpaired) electrons. The Morgan fingerprint density at radius 2 is 1.85 bits per heavy atom. The number of rotatable bonds is 13. The van der Waals surface area contributed by atoms with E-state index in [1.54, 1.807) is 0 Å². The summed E-state index contributed by atoms with van der Waals surface area (Å²) < 4.78 is 1.82. The van der Waals surface area contributed by atoms with Gasteiger partial charge in [-0.05, 0) is 50.4 Å². The number of amides is 2. The van der Waals surface area contributed by atoms with Crippen molar-refractivity contribution in [3.63, 3.8) is 0 Å². The lowest BCUT2D eigenvalue weighted by Crippen LogP contribution is -2.54. The van der Waals surface area contributed by atoms with Gasteiger partial charge in [-0.1, -0.05) is 52.8 Å². The maximum Gasteiger partial charge on any atom is 0.273 e. The molecule has 0 saturated heterocycles. The van der Waals surface area contributed by atoms with E-state index in [1.165, 1.54) is 0 Å². The molecule has 8 nitrogen and oxygen atoms in total. The minimum Gasteiger partial charge on any atom is -0.354 e. The molecule has 0 fully saturated rings. The van der Waals surface area contributed by atoms with E-state index in [0.717, 1.165) is 49.8 Å². The van der Waals surface area contributed by atoms with Crippen LogP contribution in [0.1, 0.15) is 70.8 Å². The molecule has 1 heterocycles. The van der Waals surface area contributed by atoms with Crippen LogP contribution in [-0.4, -0.2) is 58.7 Å². The van der Waals surface area contributed by atoms with Gasteiger partial charge in [-0.15, -0.1) is 0 Å². The highest BCUT2D eigenvalue weighted by atomic mass is 16.2. The Morgan fingerprint density at radius 1 is 1.15 bits per heavy atom. The van der Waals surface area contributed by atoms with Crippen LogP contribution in [0.25, 0.3) is 10.9 Å². The molecule has 34 heavy (non-hydrogen) atoms. The van der Waals surface area contributed by atoms with E-state index in [1.807, 2.05) is 49.7 Å². The van der Waals surface area contributed by atoms with Crippen LogP contribution in [0.15, 0.2) is 24.3 Å². The third kappa shape index (κ3) is 7.56. The number of nitriles is 1. The maximum atomic E-state index is 13.3. The normalized spacial score (nSPS) is 12.5. The average molecular weight is 469 g/mol. The molecule has 2 amide bonds. The van der Waals surface area contributed by atoms with Crippen LogP contribution in [-0.2, 0) is 11.3 Å². The van der Waals surface area contributed by atoms with Gasteiger partial charge in [0.15, 0.2) is 5.69 Å². The molecule has 0 aliphatic carbocycles. The second kappa shape index (κ2) is 13.1. The first-order chi connectivity index (χ1) is 16.2. The summed E-state index contributed by atoms with van der Waals surface area (Å²) in [5, 5.41) is 20.0. The Labute approximate surface area is 203 Å². The summed E-state index contributed by atoms with van der Waals surface area (Å²) in [6.07, 6.45) is 2.95. The number of unbranched alkanes of at least 4 members (excludes halogenated alkanes) is 2. The number of benzene rings is 1. The van der Waals surface area contributed by atoms with Gasteiger partial charge in [0.25, 0.3) is 5.91 Å². The van der Waals surface area contributed by atoms with Crippen molar-refractivity contribution >= 4 is 22.7 Å². The summed E-state index contributed by atoms with van der Waals surface area (Å²) >= 11 is 0. The summed E-state index contributed by atoms with van der Waals surface area (Å²) in [6, 6.07) is 9.08. The smallest absolute Gasteiger partial charge is 0.273 e. The van der Waals surface area contributed by atoms with Crippen molar-refractivity contribution in [2.75, 3.05) is 26.2 Å². The van der Waals surface area contributed by atoms with Crippen LogP contribution in [0.4, 0.5) is 0 Å². The van der Waals surface area contributed by atoms with Crippen molar-refractivity contribution in [3.8, 4) is 6.07 Å². The van der Waals surface area contributed by atoms with E-state index >= 15 is 0 Å². The molecular formula is C26H40N6O2. The molecule has 0 spiro atoms. The van der Waals surface area contributed by atoms with Crippen molar-refractivity contribution in [2.45, 2.75) is 72.9 Å². The third-order valence-corrected chi connectivity index (χ3v) is 6.03. The Balaban J connectivity index is 2.12. The van der Waals surface area contributed by atoms with Crippen LogP contribution in [0.5, 0.6) is 0 Å². The fraction of sp³-hybridized carbons (Fsp3) is 0.615. The summed E-state index contributed by atoms with van der Waals surface area (Å²) in [6.45, 7) is 14.2. The summed E-state index contributed by atoms with van der Waals surface area (Å²) in [7, 11) is 0. The molecule has 0 aliphatic heterocycles. The molecule has 0 saturated carbocycles. The fourth-order valence-electron chi connectivity index (χ4n) is 3.96. The fourth-order valence-corrected chi connectivity index (χ4v) is 3.96. The first-order valence-corrected chi connectivity index (χ1v) is 12.4. The maximum absolute atomic E-state index is 13.3. The number of aryl methyl sites for hydroxylation is 1. The zero-order chi connectivity index (χ0) is 25.1. The van der Waals surface area contributed by atoms with E-state index in [4.69, 9.17) is 5.26 Å². The molecule has 0 bridgehead atoms. The van der Waals surface area contributed by atoms with Gasteiger partial charge < -0.3 is 15.5 Å². The van der Waals surface area contributed by atoms with E-state index in [2.05, 4.69) is 40.5 Å². The van der Waals surface area contributed by atoms with Crippen LogP contribution in [0.3, 0.4) is 0 Å². The molecule has 1 aromatic carbocycles. The highest BCUT2D eigenvalue weighted by Gasteiger charge is 2.33. The number of nitrogens with zero attached hydrogens (tertiary/aromatic N) is 4. The third-order valence-electron chi connectivity index (χ3n) is 6.03. The first kappa shape index (κ1) is 27.3. The number of hydrogen-bond acceptors (Lipinski definition) is 5. The van der Waals surface area contributed by atoms with Crippen LogP contribution in [0.2, 0.25) is 0 Å². The highest BCUT2D eigenvalue weighted by molar-refractivity contribution is 6.06. The quantitative estimate of drug-likeness (QED) is 0.436. The number of hydrogen-bond donors (Lipinski definition) is 2. The largest absolute Gasteiger partial charge is 0.354 e. The van der Waals surface area contributed by atoms with Crippen molar-refractivity contribution < 1.29 is 9.59 Å². The second-order valence-corrected chi connectivity index (χ2v) is 9.65. The SMILES string of the molecule is CCN(CC)CCCNC(=O)C(NC(=O)c1nn(CCCCC#N)c2ccccc12)C(C)(C)C. The number of carbonyl (C=O) groups is 2. The van der Waals surface area contributed by atoms with Gasteiger partial charge in [0, 0.05) is 24.9 Å². The molecular weight excluding hydrogens is 428 g/mol. The molecule has 1 aromatic heterocycles. The van der Waals surface area contributed by atoms with Gasteiger partial charge in [0.2, 0.25) is 5.91 Å². The molecule has 0 aliphatic rings. The number of para-hydroxylation sites is 1. The molecule has 2 aromatic rings. The zero-order valence-electron chi connectivity index (χ0n) is 21.4. The van der Waals surface area contributed by atoms with Crippen LogP contribution in [0, 0.1) is 16.7 Å². The van der Waals surface area contributed by atoms with Crippen LogP contribution >= 0.6 is 0 Å². The van der Waals surface area contributed by atoms with Crippen LogP contribution < -0.4 is 10.6 Å². The van der Waals surface area contributed by atoms with Crippen molar-refractivity contribution in [1.29, 1.82) is 5.26 Å². The van der Waals surface area contributed by atoms with Crippen molar-refractivity contribution in [3.05, 3.63) is 30.0 Å². The molecule has 2 N–H and O–H groups in total. The standard InChI is InChI=1S/C26H40N6O2/c1-6-31(7-2)18-13-17-28-25(34)23(26(3,4)5)29-24(33)22-20-14-9-10-15-21(20)32(30-22)19-12-8-11-16-27/h9-10,14-15,23H,6-8,11-13,17-19H2,1-5H3,(H,28,34)(H,29,33). The summed E-state index contributed by atoms with van der Waals surface area (Å²) in [5.41, 5.74) is 0.728. The molecule has 1 unspecified atom stereocenters. The van der Waals surface area contributed by atoms with E-state index in [9.17, 15) is 9.59 Å². The van der Waals surface area contributed by atoms with Gasteiger partial charge in [0.05, 0.1) is 11.6 Å². The number of carbonyl (C=O) groups excluding carboxylic acids is 2. The lowest BCUT2D eigenvalue weighted by atomic mass is 9.86. The van der Waals surface area contributed by atoms with Gasteiger partial charge in [-0.25, -0.2) is 0 Å². The van der Waals surface area contributed by atoms with Crippen molar-refractivity contribution in [1.82, 2.24) is 25.3 Å². The predicted molar refractivity (Wildman–Crippen MR) is 135 cm³/mol. The summed E-state index contributed by atoms with van der Waals surface area (Å²) in [5.74, 6) is -0.536. The first-order valence-electron chi connectivity index (χ1n) is 12.4. The summed E-state index contributed by atoms with van der Waals surface area (Å²) in [4.78, 5) is 28.6. The molecule has 8 heteroatoms. The van der Waals surface area contributed by atoms with E-state index < -0.39 is 11.5 Å². The Morgan fingerprint density at radius 3 is 2.50 bits per heavy atom. The molecule has 1 atom stereocenters. The second-order valence-electron chi connectivity index (χ2n) is 9.65. The number of nitrogens with one attached hydrogen (secondary N) is 2. The average Bonchev–Trinajstić information content (AvgIpc) is 3.18. The molecule has 186 valence electrons. The van der Waals surface area contributed by atoms with E-state index in [0.29, 0.717) is 25.2 Å². The number of fused-ring (bicyclic) bond motifs is 1. The Bertz CT molecular complexity index is 981. The van der Waals surface area contributed by atoms with Gasteiger partial charge >= 0.3 is 0 Å². The van der Waals surface area contributed by atoms with Gasteiger partial charge in [-0.2, -0.15) is 10.4 Å². The van der Waals surface area contributed by atoms with Gasteiger partial charge in [0.1, 0.15) is 6.04 Å². The lowest BCUT2D eigenvalue weighted by Gasteiger charge is -2.30. The highest BCUT2D eigenvalue weighted by Crippen LogP contribution is 2.23. The number of aromatic nitrogens is 2. The van der Waals surface area contributed by atoms with Gasteiger partial charge in [-0.3, -0.25) is 14.3 Å². The van der Waals surface area contributed by atoms with E-state index in [-0.39, 0.29) is 11.8 Å². The van der Waals surface area contributed by atoms with Crippen molar-refractivity contribution in [2.24, 2.45) is 5.41 Å². The Hall–Kier alpha value is -2.92. The predicted octanol–water partition coefficient (Wildman–Crippen LogP) is 3.72.